The Labute approximate surface area is 148 Å². The molecule has 24 heavy (non-hydrogen) atoms. The zero-order valence-corrected chi connectivity index (χ0v) is 15.0. The Morgan fingerprint density at radius 1 is 1.42 bits per heavy atom. The second-order valence-electron chi connectivity index (χ2n) is 4.93. The molecule has 0 aliphatic rings. The van der Waals surface area contributed by atoms with Crippen molar-refractivity contribution in [2.24, 2.45) is 0 Å². The number of anilines is 1. The van der Waals surface area contributed by atoms with E-state index in [-0.39, 0.29) is 25.6 Å². The Hall–Kier alpha value is -2.21. The standard InChI is InChI=1S/C16H17N3O3S2/c1-3-22-16(21)14-11(12-5-4-8-23-12)10-24-15(14)18-13(20)9-19(2)7-6-17/h4-5,8,10H,3,7,9H2,1-2H3,(H,18,20). The molecule has 2 heterocycles. The molecule has 2 aromatic rings. The number of carbonyl (C=O) groups excluding carboxylic acids is 2. The third kappa shape index (κ3) is 4.41. The third-order valence-corrected chi connectivity index (χ3v) is 4.86. The van der Waals surface area contributed by atoms with Gasteiger partial charge in [-0.2, -0.15) is 5.26 Å². The van der Waals surface area contributed by atoms with Crippen LogP contribution < -0.4 is 5.32 Å². The van der Waals surface area contributed by atoms with E-state index in [4.69, 9.17) is 10.00 Å². The van der Waals surface area contributed by atoms with Crippen LogP contribution in [0.5, 0.6) is 0 Å². The molecule has 0 radical (unpaired) electrons. The van der Waals surface area contributed by atoms with E-state index >= 15 is 0 Å². The summed E-state index contributed by atoms with van der Waals surface area (Å²) in [5.74, 6) is -0.735. The number of nitrogens with zero attached hydrogens (tertiary/aromatic N) is 2. The number of hydrogen-bond acceptors (Lipinski definition) is 7. The number of hydrogen-bond donors (Lipinski definition) is 1. The Morgan fingerprint density at radius 3 is 2.83 bits per heavy atom. The highest BCUT2D eigenvalue weighted by molar-refractivity contribution is 7.17. The van der Waals surface area contributed by atoms with Crippen LogP contribution in [0.3, 0.4) is 0 Å². The van der Waals surface area contributed by atoms with Crippen LogP contribution in [0.1, 0.15) is 17.3 Å². The van der Waals surface area contributed by atoms with Crippen LogP contribution in [0, 0.1) is 11.3 Å². The zero-order chi connectivity index (χ0) is 17.5. The first-order valence-corrected chi connectivity index (χ1v) is 9.00. The summed E-state index contributed by atoms with van der Waals surface area (Å²) in [7, 11) is 1.68. The number of carbonyl (C=O) groups is 2. The van der Waals surface area contributed by atoms with E-state index in [0.717, 1.165) is 10.4 Å². The highest BCUT2D eigenvalue weighted by Gasteiger charge is 2.23. The van der Waals surface area contributed by atoms with E-state index in [9.17, 15) is 9.59 Å². The summed E-state index contributed by atoms with van der Waals surface area (Å²) in [5, 5.41) is 15.6. The molecule has 1 N–H and O–H groups in total. The molecule has 2 aromatic heterocycles. The Balaban J connectivity index is 2.25. The van der Waals surface area contributed by atoms with Crippen LogP contribution in [-0.4, -0.2) is 43.5 Å². The van der Waals surface area contributed by atoms with Gasteiger partial charge in [-0.05, 0) is 25.4 Å². The molecule has 6 nitrogen and oxygen atoms in total. The first kappa shape index (κ1) is 18.1. The first-order chi connectivity index (χ1) is 11.6. The summed E-state index contributed by atoms with van der Waals surface area (Å²) in [4.78, 5) is 27.0. The summed E-state index contributed by atoms with van der Waals surface area (Å²) in [6.45, 7) is 2.23. The molecule has 0 spiro atoms. The predicted octanol–water partition coefficient (Wildman–Crippen LogP) is 3.05. The van der Waals surface area contributed by atoms with Gasteiger partial charge in [0.05, 0.1) is 25.8 Å². The van der Waals surface area contributed by atoms with Crippen molar-refractivity contribution in [3.05, 3.63) is 28.5 Å². The minimum Gasteiger partial charge on any atom is -0.462 e. The van der Waals surface area contributed by atoms with E-state index in [0.29, 0.717) is 10.6 Å². The molecule has 0 fully saturated rings. The topological polar surface area (TPSA) is 82.4 Å². The minimum atomic E-state index is -0.456. The van der Waals surface area contributed by atoms with Gasteiger partial charge in [0.2, 0.25) is 5.91 Å². The quantitative estimate of drug-likeness (QED) is 0.604. The van der Waals surface area contributed by atoms with Gasteiger partial charge in [0.25, 0.3) is 0 Å². The minimum absolute atomic E-state index is 0.0715. The van der Waals surface area contributed by atoms with Crippen LogP contribution in [0.15, 0.2) is 22.9 Å². The van der Waals surface area contributed by atoms with Gasteiger partial charge >= 0.3 is 5.97 Å². The fraction of sp³-hybridized carbons (Fsp3) is 0.312. The lowest BCUT2D eigenvalue weighted by molar-refractivity contribution is -0.116. The van der Waals surface area contributed by atoms with E-state index in [1.54, 1.807) is 18.9 Å². The molecular weight excluding hydrogens is 346 g/mol. The second-order valence-corrected chi connectivity index (χ2v) is 6.76. The number of esters is 1. The van der Waals surface area contributed by atoms with Crippen molar-refractivity contribution in [1.29, 1.82) is 5.26 Å². The highest BCUT2D eigenvalue weighted by Crippen LogP contribution is 2.38. The van der Waals surface area contributed by atoms with Gasteiger partial charge in [0, 0.05) is 15.8 Å². The van der Waals surface area contributed by atoms with E-state index < -0.39 is 5.97 Å². The normalized spacial score (nSPS) is 10.4. The summed E-state index contributed by atoms with van der Waals surface area (Å²) in [6.07, 6.45) is 0. The second kappa shape index (κ2) is 8.59. The molecule has 126 valence electrons. The molecule has 0 atom stereocenters. The Morgan fingerprint density at radius 2 is 2.21 bits per heavy atom. The van der Waals surface area contributed by atoms with Gasteiger partial charge in [-0.15, -0.1) is 22.7 Å². The molecule has 8 heteroatoms. The van der Waals surface area contributed by atoms with Gasteiger partial charge < -0.3 is 10.1 Å². The predicted molar refractivity (Wildman–Crippen MR) is 95.3 cm³/mol. The average molecular weight is 363 g/mol. The van der Waals surface area contributed by atoms with E-state index in [1.165, 1.54) is 22.7 Å². The molecule has 2 rings (SSSR count). The number of nitriles is 1. The van der Waals surface area contributed by atoms with Crippen molar-refractivity contribution in [2.45, 2.75) is 6.92 Å². The number of amides is 1. The number of ether oxygens (including phenoxy) is 1. The molecule has 0 unspecified atom stereocenters. The SMILES string of the molecule is CCOC(=O)c1c(-c2cccs2)csc1NC(=O)CN(C)CC#N. The molecule has 0 aromatic carbocycles. The lowest BCUT2D eigenvalue weighted by Crippen LogP contribution is -2.30. The van der Waals surface area contributed by atoms with E-state index in [1.807, 2.05) is 29.0 Å². The fourth-order valence-corrected chi connectivity index (χ4v) is 3.84. The smallest absolute Gasteiger partial charge is 0.341 e. The van der Waals surface area contributed by atoms with Crippen molar-refractivity contribution < 1.29 is 14.3 Å². The largest absolute Gasteiger partial charge is 0.462 e. The van der Waals surface area contributed by atoms with Crippen LogP contribution in [0.2, 0.25) is 0 Å². The first-order valence-electron chi connectivity index (χ1n) is 7.24. The Kier molecular flexibility index (Phi) is 6.49. The van der Waals surface area contributed by atoms with Gasteiger partial charge in [-0.1, -0.05) is 6.07 Å². The summed E-state index contributed by atoms with van der Waals surface area (Å²) >= 11 is 2.80. The molecular formula is C16H17N3O3S2. The molecule has 0 saturated heterocycles. The van der Waals surface area contributed by atoms with E-state index in [2.05, 4.69) is 5.32 Å². The molecule has 0 aliphatic heterocycles. The van der Waals surface area contributed by atoms with Crippen LogP contribution in [0.4, 0.5) is 5.00 Å². The van der Waals surface area contributed by atoms with Crippen molar-refractivity contribution >= 4 is 39.6 Å². The maximum atomic E-state index is 12.3. The van der Waals surface area contributed by atoms with Gasteiger partial charge in [0.15, 0.2) is 0 Å². The maximum Gasteiger partial charge on any atom is 0.341 e. The lowest BCUT2D eigenvalue weighted by Gasteiger charge is -2.12. The summed E-state index contributed by atoms with van der Waals surface area (Å²) < 4.78 is 5.13. The number of likely N-dealkylation sites (N-methyl/N-ethyl adjacent to an activating group) is 1. The van der Waals surface area contributed by atoms with Gasteiger partial charge in [-0.25, -0.2) is 4.79 Å². The molecule has 0 bridgehead atoms. The number of nitrogens with one attached hydrogen (secondary N) is 1. The van der Waals surface area contributed by atoms with Gasteiger partial charge in [-0.3, -0.25) is 9.69 Å². The van der Waals surface area contributed by atoms with Crippen molar-refractivity contribution in [1.82, 2.24) is 4.90 Å². The summed E-state index contributed by atoms with van der Waals surface area (Å²) in [5.41, 5.74) is 1.13. The Bertz CT molecular complexity index is 747. The van der Waals surface area contributed by atoms with Crippen molar-refractivity contribution in [3.63, 3.8) is 0 Å². The van der Waals surface area contributed by atoms with Crippen LogP contribution in [-0.2, 0) is 9.53 Å². The lowest BCUT2D eigenvalue weighted by atomic mass is 10.1. The number of thiophene rings is 2. The zero-order valence-electron chi connectivity index (χ0n) is 13.4. The molecule has 0 aliphatic carbocycles. The molecule has 0 saturated carbocycles. The van der Waals surface area contributed by atoms with Crippen LogP contribution in [0.25, 0.3) is 10.4 Å². The van der Waals surface area contributed by atoms with Gasteiger partial charge in [0.1, 0.15) is 10.6 Å². The fourth-order valence-electron chi connectivity index (χ4n) is 2.06. The van der Waals surface area contributed by atoms with Crippen molar-refractivity contribution in [3.8, 4) is 16.5 Å². The summed E-state index contributed by atoms with van der Waals surface area (Å²) in [6, 6.07) is 5.80. The van der Waals surface area contributed by atoms with Crippen LogP contribution >= 0.6 is 22.7 Å². The maximum absolute atomic E-state index is 12.3. The number of rotatable bonds is 7. The third-order valence-electron chi connectivity index (χ3n) is 3.06. The average Bonchev–Trinajstić information content (AvgIpc) is 3.16. The monoisotopic (exact) mass is 363 g/mol. The van der Waals surface area contributed by atoms with Crippen molar-refractivity contribution in [2.75, 3.05) is 32.1 Å². The highest BCUT2D eigenvalue weighted by atomic mass is 32.1. The molecule has 1 amide bonds.